The fourth-order valence-electron chi connectivity index (χ4n) is 2.82. The molecule has 0 amide bonds. The zero-order valence-corrected chi connectivity index (χ0v) is 16.7. The van der Waals surface area contributed by atoms with Crippen LogP contribution < -0.4 is 21.3 Å². The number of hydrogen-bond donors (Lipinski definition) is 4. The number of aromatic amines is 1. The Bertz CT molecular complexity index is 1170. The van der Waals surface area contributed by atoms with Gasteiger partial charge in [-0.2, -0.15) is 4.98 Å². The Morgan fingerprint density at radius 1 is 1.33 bits per heavy atom. The van der Waals surface area contributed by atoms with Gasteiger partial charge in [-0.15, -0.1) is 0 Å². The van der Waals surface area contributed by atoms with Crippen LogP contribution in [0.3, 0.4) is 0 Å². The first-order valence-electron chi connectivity index (χ1n) is 8.98. The number of fused-ring (bicyclic) bond motifs is 1. The molecule has 12 heteroatoms. The molecule has 0 bridgehead atoms. The van der Waals surface area contributed by atoms with E-state index in [4.69, 9.17) is 21.4 Å². The van der Waals surface area contributed by atoms with E-state index in [0.717, 1.165) is 4.57 Å². The first-order chi connectivity index (χ1) is 14.3. The van der Waals surface area contributed by atoms with Gasteiger partial charge in [0.15, 0.2) is 11.2 Å². The van der Waals surface area contributed by atoms with E-state index in [2.05, 4.69) is 15.3 Å². The molecule has 0 fully saturated rings. The number of nitrogens with zero attached hydrogens (tertiary/aromatic N) is 3. The average Bonchev–Trinajstić information content (AvgIpc) is 3.04. The van der Waals surface area contributed by atoms with Gasteiger partial charge in [0.25, 0.3) is 5.56 Å². The maximum atomic E-state index is 12.4. The molecule has 0 aliphatic carbocycles. The topological polar surface area (TPSA) is 151 Å². The second-order valence-electron chi connectivity index (χ2n) is 6.53. The number of aryl methyl sites for hydroxylation is 1. The molecule has 0 aliphatic heterocycles. The van der Waals surface area contributed by atoms with Crippen LogP contribution in [0.1, 0.15) is 6.42 Å². The van der Waals surface area contributed by atoms with E-state index >= 15 is 0 Å². The third-order valence-corrected chi connectivity index (χ3v) is 4.53. The lowest BCUT2D eigenvalue weighted by molar-refractivity contribution is -0.136. The molecule has 2 heterocycles. The highest BCUT2D eigenvalue weighted by Crippen LogP contribution is 2.18. The number of imidazole rings is 1. The Balaban J connectivity index is 1.86. The summed E-state index contributed by atoms with van der Waals surface area (Å²) in [6.07, 6.45) is -1.21. The fourth-order valence-corrected chi connectivity index (χ4v) is 2.94. The third-order valence-electron chi connectivity index (χ3n) is 4.28. The van der Waals surface area contributed by atoms with Crippen molar-refractivity contribution in [2.45, 2.75) is 19.1 Å². The predicted molar refractivity (Wildman–Crippen MR) is 109 cm³/mol. The van der Waals surface area contributed by atoms with Crippen LogP contribution >= 0.6 is 11.6 Å². The number of hydrogen-bond acceptors (Lipinski definition) is 7. The molecule has 1 atom stereocenters. The van der Waals surface area contributed by atoms with E-state index in [0.29, 0.717) is 10.8 Å². The SMILES string of the molecule is Cn1c(=O)[nH]c(=O)c2c1nc(NCCC(=O)O)n2C[C@@H](O)COc1ccc(Cl)cc1. The number of anilines is 1. The number of aliphatic carboxylic acids is 1. The molecule has 11 nitrogen and oxygen atoms in total. The number of halogens is 1. The highest BCUT2D eigenvalue weighted by atomic mass is 35.5. The smallest absolute Gasteiger partial charge is 0.329 e. The summed E-state index contributed by atoms with van der Waals surface area (Å²) < 4.78 is 8.08. The largest absolute Gasteiger partial charge is 0.491 e. The number of aliphatic hydroxyl groups excluding tert-OH is 1. The molecule has 160 valence electrons. The number of aromatic nitrogens is 4. The van der Waals surface area contributed by atoms with Gasteiger partial charge in [0.1, 0.15) is 18.5 Å². The lowest BCUT2D eigenvalue weighted by atomic mass is 10.3. The summed E-state index contributed by atoms with van der Waals surface area (Å²) in [5.74, 6) is -0.343. The van der Waals surface area contributed by atoms with Crippen LogP contribution in [0.2, 0.25) is 5.02 Å². The third kappa shape index (κ3) is 4.81. The molecule has 30 heavy (non-hydrogen) atoms. The molecule has 4 N–H and O–H groups in total. The van der Waals surface area contributed by atoms with Gasteiger partial charge in [-0.1, -0.05) is 11.6 Å². The molecule has 0 unspecified atom stereocenters. The van der Waals surface area contributed by atoms with Crippen molar-refractivity contribution in [3.8, 4) is 5.75 Å². The lowest BCUT2D eigenvalue weighted by Gasteiger charge is -2.15. The summed E-state index contributed by atoms with van der Waals surface area (Å²) in [6.45, 7) is -0.123. The predicted octanol–water partition coefficient (Wildman–Crippen LogP) is 0.403. The van der Waals surface area contributed by atoms with Crippen LogP contribution in [0.25, 0.3) is 11.2 Å². The molecular weight excluding hydrogens is 418 g/mol. The van der Waals surface area contributed by atoms with E-state index < -0.39 is 23.3 Å². The molecule has 3 rings (SSSR count). The van der Waals surface area contributed by atoms with Crippen molar-refractivity contribution < 1.29 is 19.7 Å². The van der Waals surface area contributed by atoms with Crippen molar-refractivity contribution in [2.24, 2.45) is 7.05 Å². The quantitative estimate of drug-likeness (QED) is 0.375. The summed E-state index contributed by atoms with van der Waals surface area (Å²) in [6, 6.07) is 6.61. The number of carboxylic acids is 1. The van der Waals surface area contributed by atoms with Crippen LogP contribution in [0.15, 0.2) is 33.9 Å². The van der Waals surface area contributed by atoms with Gasteiger partial charge in [-0.3, -0.25) is 19.1 Å². The minimum absolute atomic E-state index is 0.0435. The van der Waals surface area contributed by atoms with Crippen molar-refractivity contribution in [1.82, 2.24) is 19.1 Å². The monoisotopic (exact) mass is 437 g/mol. The number of rotatable bonds is 9. The van der Waals surface area contributed by atoms with E-state index in [9.17, 15) is 19.5 Å². The van der Waals surface area contributed by atoms with E-state index in [1.807, 2.05) is 0 Å². The van der Waals surface area contributed by atoms with Crippen molar-refractivity contribution in [2.75, 3.05) is 18.5 Å². The van der Waals surface area contributed by atoms with E-state index in [-0.39, 0.29) is 43.2 Å². The summed E-state index contributed by atoms with van der Waals surface area (Å²) in [7, 11) is 1.44. The first-order valence-corrected chi connectivity index (χ1v) is 9.35. The average molecular weight is 438 g/mol. The minimum atomic E-state index is -1.03. The Morgan fingerprint density at radius 2 is 2.03 bits per heavy atom. The van der Waals surface area contributed by atoms with Gasteiger partial charge in [-0.25, -0.2) is 4.79 Å². The molecule has 0 aliphatic rings. The molecule has 2 aromatic heterocycles. The summed E-state index contributed by atoms with van der Waals surface area (Å²) in [4.78, 5) is 41.5. The second-order valence-corrected chi connectivity index (χ2v) is 6.96. The van der Waals surface area contributed by atoms with Gasteiger partial charge in [0.05, 0.1) is 13.0 Å². The Hall–Kier alpha value is -3.31. The Kier molecular flexibility index (Phi) is 6.43. The van der Waals surface area contributed by atoms with Crippen LogP contribution in [0, 0.1) is 0 Å². The maximum absolute atomic E-state index is 12.4. The zero-order valence-electron chi connectivity index (χ0n) is 16.0. The van der Waals surface area contributed by atoms with Gasteiger partial charge in [0, 0.05) is 18.6 Å². The van der Waals surface area contributed by atoms with Crippen molar-refractivity contribution in [1.29, 1.82) is 0 Å². The van der Waals surface area contributed by atoms with Gasteiger partial charge in [0.2, 0.25) is 5.95 Å². The Labute approximate surface area is 174 Å². The molecule has 0 saturated heterocycles. The number of carbonyl (C=O) groups is 1. The van der Waals surface area contributed by atoms with Crippen LogP contribution in [0.4, 0.5) is 5.95 Å². The second kappa shape index (κ2) is 9.01. The van der Waals surface area contributed by atoms with Gasteiger partial charge in [-0.05, 0) is 24.3 Å². The number of carboxylic acid groups (broad SMARTS) is 1. The number of aliphatic hydroxyl groups is 1. The maximum Gasteiger partial charge on any atom is 0.329 e. The van der Waals surface area contributed by atoms with Crippen molar-refractivity contribution >= 4 is 34.7 Å². The summed E-state index contributed by atoms with van der Waals surface area (Å²) >= 11 is 5.83. The normalized spacial score (nSPS) is 12.1. The number of H-pyrrole nitrogens is 1. The highest BCUT2D eigenvalue weighted by Gasteiger charge is 2.20. The molecule has 1 aromatic carbocycles. The van der Waals surface area contributed by atoms with Crippen LogP contribution in [0.5, 0.6) is 5.75 Å². The summed E-state index contributed by atoms with van der Waals surface area (Å²) in [5, 5.41) is 22.7. The van der Waals surface area contributed by atoms with Gasteiger partial charge >= 0.3 is 11.7 Å². The number of nitrogens with one attached hydrogen (secondary N) is 2. The van der Waals surface area contributed by atoms with Gasteiger partial charge < -0.3 is 24.8 Å². The van der Waals surface area contributed by atoms with Crippen LogP contribution in [-0.2, 0) is 18.4 Å². The molecule has 3 aromatic rings. The zero-order chi connectivity index (χ0) is 21.8. The Morgan fingerprint density at radius 3 is 2.70 bits per heavy atom. The number of ether oxygens (including phenoxy) is 1. The first kappa shape index (κ1) is 21.4. The van der Waals surface area contributed by atoms with Crippen molar-refractivity contribution in [3.05, 3.63) is 50.1 Å². The fraction of sp³-hybridized carbons (Fsp3) is 0.333. The minimum Gasteiger partial charge on any atom is -0.491 e. The molecule has 0 spiro atoms. The highest BCUT2D eigenvalue weighted by molar-refractivity contribution is 6.30. The van der Waals surface area contributed by atoms with E-state index in [1.165, 1.54) is 11.6 Å². The van der Waals surface area contributed by atoms with E-state index in [1.54, 1.807) is 24.3 Å². The number of benzene rings is 1. The van der Waals surface area contributed by atoms with Crippen LogP contribution in [-0.4, -0.2) is 54.5 Å². The standard InChI is InChI=1S/C18H20ClN5O6/c1-23-15-14(16(28)22-18(23)29)24(17(21-15)20-7-6-13(26)27)8-11(25)9-30-12-4-2-10(19)3-5-12/h2-5,11,25H,6-9H2,1H3,(H,20,21)(H,26,27)(H,22,28,29)/t11-/m1/s1. The molecule has 0 saturated carbocycles. The van der Waals surface area contributed by atoms with Crippen molar-refractivity contribution in [3.63, 3.8) is 0 Å². The lowest BCUT2D eigenvalue weighted by Crippen LogP contribution is -2.31. The molecule has 0 radical (unpaired) electrons. The molecular formula is C18H20ClN5O6. The summed E-state index contributed by atoms with van der Waals surface area (Å²) in [5.41, 5.74) is -1.13.